The summed E-state index contributed by atoms with van der Waals surface area (Å²) < 4.78 is 5.77. The Morgan fingerprint density at radius 1 is 0.913 bits per heavy atom. The average Bonchev–Trinajstić information content (AvgIpc) is 3.06. The minimum atomic E-state index is 0.576. The van der Waals surface area contributed by atoms with Crippen molar-refractivity contribution in [1.29, 1.82) is 0 Å². The molecule has 0 amide bonds. The third-order valence-corrected chi connectivity index (χ3v) is 3.93. The molecule has 4 heteroatoms. The summed E-state index contributed by atoms with van der Waals surface area (Å²) in [5.74, 6) is 1.26. The topological polar surface area (TPSA) is 56.0 Å². The summed E-state index contributed by atoms with van der Waals surface area (Å²) in [4.78, 5) is 10.2. The van der Waals surface area contributed by atoms with Gasteiger partial charge in [-0.05, 0) is 35.7 Å². The fourth-order valence-corrected chi connectivity index (χ4v) is 2.65. The highest BCUT2D eigenvalue weighted by Crippen LogP contribution is 2.23. The van der Waals surface area contributed by atoms with E-state index >= 15 is 0 Å². The standard InChI is InChI=1S/C19H20N2O2/c22-13-7-3-1-2-4-10-18-20-21-19(23-18)17-12-11-15-8-5-6-9-16(15)14-17/h5-6,8-9,11-14H,1-4,7,10H2. The number of unbranched alkanes of at least 4 members (excludes halogenated alkanes) is 4. The van der Waals surface area contributed by atoms with E-state index < -0.39 is 0 Å². The van der Waals surface area contributed by atoms with Gasteiger partial charge in [0.1, 0.15) is 6.29 Å². The van der Waals surface area contributed by atoms with E-state index in [1.54, 1.807) is 0 Å². The Balaban J connectivity index is 1.60. The Morgan fingerprint density at radius 3 is 2.61 bits per heavy atom. The van der Waals surface area contributed by atoms with Gasteiger partial charge in [0.05, 0.1) is 0 Å². The van der Waals surface area contributed by atoms with Crippen LogP contribution in [0.1, 0.15) is 38.0 Å². The second-order valence-electron chi connectivity index (χ2n) is 5.68. The molecule has 0 bridgehead atoms. The summed E-state index contributed by atoms with van der Waals surface area (Å²) in [7, 11) is 0. The molecule has 4 nitrogen and oxygen atoms in total. The first kappa shape index (κ1) is 15.4. The molecule has 2 aromatic carbocycles. The molecule has 0 aliphatic carbocycles. The number of carbonyl (C=O) groups excluding carboxylic acids is 1. The van der Waals surface area contributed by atoms with Gasteiger partial charge in [0.2, 0.25) is 11.8 Å². The van der Waals surface area contributed by atoms with Gasteiger partial charge in [0.25, 0.3) is 0 Å². The Morgan fingerprint density at radius 2 is 1.74 bits per heavy atom. The predicted octanol–water partition coefficient (Wildman–Crippen LogP) is 4.58. The number of rotatable bonds is 8. The molecule has 1 heterocycles. The van der Waals surface area contributed by atoms with Crippen LogP contribution in [0.3, 0.4) is 0 Å². The van der Waals surface area contributed by atoms with E-state index in [0.717, 1.165) is 44.0 Å². The molecule has 0 aliphatic heterocycles. The van der Waals surface area contributed by atoms with Crippen molar-refractivity contribution < 1.29 is 9.21 Å². The number of aryl methyl sites for hydroxylation is 1. The van der Waals surface area contributed by atoms with Gasteiger partial charge in [0, 0.05) is 18.4 Å². The highest BCUT2D eigenvalue weighted by Gasteiger charge is 2.09. The largest absolute Gasteiger partial charge is 0.421 e. The van der Waals surface area contributed by atoms with Crippen molar-refractivity contribution in [2.24, 2.45) is 0 Å². The second kappa shape index (κ2) is 7.68. The van der Waals surface area contributed by atoms with Crippen molar-refractivity contribution in [3.05, 3.63) is 48.4 Å². The van der Waals surface area contributed by atoms with Crippen molar-refractivity contribution in [3.8, 4) is 11.5 Å². The van der Waals surface area contributed by atoms with E-state index in [0.29, 0.717) is 18.2 Å². The molecule has 23 heavy (non-hydrogen) atoms. The van der Waals surface area contributed by atoms with Crippen LogP contribution in [-0.4, -0.2) is 16.5 Å². The van der Waals surface area contributed by atoms with Gasteiger partial charge in [-0.25, -0.2) is 0 Å². The molecule has 0 saturated carbocycles. The Hall–Kier alpha value is -2.49. The first-order valence-electron chi connectivity index (χ1n) is 8.12. The molecular weight excluding hydrogens is 288 g/mol. The molecule has 118 valence electrons. The minimum Gasteiger partial charge on any atom is -0.421 e. The number of aromatic nitrogens is 2. The minimum absolute atomic E-state index is 0.576. The SMILES string of the molecule is O=CCCCCCCc1nnc(-c2ccc3ccccc3c2)o1. The van der Waals surface area contributed by atoms with Crippen LogP contribution >= 0.6 is 0 Å². The summed E-state index contributed by atoms with van der Waals surface area (Å²) in [6.45, 7) is 0. The van der Waals surface area contributed by atoms with Crippen molar-refractivity contribution >= 4 is 17.1 Å². The number of hydrogen-bond donors (Lipinski definition) is 0. The molecule has 0 saturated heterocycles. The van der Waals surface area contributed by atoms with Crippen LogP contribution in [0.2, 0.25) is 0 Å². The van der Waals surface area contributed by atoms with Gasteiger partial charge in [-0.15, -0.1) is 10.2 Å². The van der Waals surface area contributed by atoms with E-state index in [1.165, 1.54) is 10.8 Å². The van der Waals surface area contributed by atoms with E-state index in [9.17, 15) is 4.79 Å². The van der Waals surface area contributed by atoms with Gasteiger partial charge in [0.15, 0.2) is 0 Å². The third kappa shape index (κ3) is 4.03. The lowest BCUT2D eigenvalue weighted by molar-refractivity contribution is -0.107. The van der Waals surface area contributed by atoms with E-state index in [4.69, 9.17) is 4.42 Å². The number of hydrogen-bond acceptors (Lipinski definition) is 4. The predicted molar refractivity (Wildman–Crippen MR) is 90.1 cm³/mol. The normalized spacial score (nSPS) is 11.0. The maximum absolute atomic E-state index is 10.2. The van der Waals surface area contributed by atoms with Crippen LogP contribution in [-0.2, 0) is 11.2 Å². The summed E-state index contributed by atoms with van der Waals surface area (Å²) in [5.41, 5.74) is 0.952. The summed E-state index contributed by atoms with van der Waals surface area (Å²) in [5, 5.41) is 10.7. The Kier molecular flexibility index (Phi) is 5.14. The molecule has 0 N–H and O–H groups in total. The smallest absolute Gasteiger partial charge is 0.247 e. The van der Waals surface area contributed by atoms with E-state index in [2.05, 4.69) is 34.5 Å². The maximum Gasteiger partial charge on any atom is 0.247 e. The molecule has 3 rings (SSSR count). The molecular formula is C19H20N2O2. The highest BCUT2D eigenvalue weighted by atomic mass is 16.4. The fraction of sp³-hybridized carbons (Fsp3) is 0.316. The van der Waals surface area contributed by atoms with E-state index in [-0.39, 0.29) is 0 Å². The number of fused-ring (bicyclic) bond motifs is 1. The van der Waals surface area contributed by atoms with Crippen LogP contribution in [0.15, 0.2) is 46.9 Å². The van der Waals surface area contributed by atoms with Crippen LogP contribution in [0.5, 0.6) is 0 Å². The first-order chi connectivity index (χ1) is 11.4. The maximum atomic E-state index is 10.2. The number of carbonyl (C=O) groups is 1. The molecule has 0 fully saturated rings. The molecule has 0 atom stereocenters. The third-order valence-electron chi connectivity index (χ3n) is 3.93. The molecule has 3 aromatic rings. The number of aldehydes is 1. The first-order valence-corrected chi connectivity index (χ1v) is 8.12. The zero-order valence-corrected chi connectivity index (χ0v) is 13.1. The number of nitrogens with zero attached hydrogens (tertiary/aromatic N) is 2. The Labute approximate surface area is 135 Å². The van der Waals surface area contributed by atoms with Gasteiger partial charge in [-0.2, -0.15) is 0 Å². The van der Waals surface area contributed by atoms with Crippen molar-refractivity contribution in [3.63, 3.8) is 0 Å². The lowest BCUT2D eigenvalue weighted by Crippen LogP contribution is -1.86. The van der Waals surface area contributed by atoms with Gasteiger partial charge >= 0.3 is 0 Å². The van der Waals surface area contributed by atoms with Crippen LogP contribution in [0.25, 0.3) is 22.2 Å². The molecule has 0 aliphatic rings. The van der Waals surface area contributed by atoms with E-state index in [1.807, 2.05) is 18.2 Å². The van der Waals surface area contributed by atoms with Crippen molar-refractivity contribution in [2.75, 3.05) is 0 Å². The summed E-state index contributed by atoms with van der Waals surface area (Å²) >= 11 is 0. The zero-order chi connectivity index (χ0) is 15.9. The van der Waals surface area contributed by atoms with Crippen LogP contribution in [0.4, 0.5) is 0 Å². The van der Waals surface area contributed by atoms with Crippen LogP contribution < -0.4 is 0 Å². The molecule has 1 aromatic heterocycles. The van der Waals surface area contributed by atoms with Gasteiger partial charge in [-0.3, -0.25) is 0 Å². The Bertz CT molecular complexity index is 780. The summed E-state index contributed by atoms with van der Waals surface area (Å²) in [6.07, 6.45) is 6.57. The molecule has 0 unspecified atom stereocenters. The van der Waals surface area contributed by atoms with Crippen LogP contribution in [0, 0.1) is 0 Å². The zero-order valence-electron chi connectivity index (χ0n) is 13.1. The molecule has 0 radical (unpaired) electrons. The van der Waals surface area contributed by atoms with Crippen molar-refractivity contribution in [1.82, 2.24) is 10.2 Å². The lowest BCUT2D eigenvalue weighted by atomic mass is 10.1. The quantitative estimate of drug-likeness (QED) is 0.451. The fourth-order valence-electron chi connectivity index (χ4n) is 2.65. The summed E-state index contributed by atoms with van der Waals surface area (Å²) in [6, 6.07) is 14.4. The van der Waals surface area contributed by atoms with Gasteiger partial charge < -0.3 is 9.21 Å². The second-order valence-corrected chi connectivity index (χ2v) is 5.68. The van der Waals surface area contributed by atoms with Crippen molar-refractivity contribution in [2.45, 2.75) is 38.5 Å². The monoisotopic (exact) mass is 308 g/mol. The van der Waals surface area contributed by atoms with Gasteiger partial charge in [-0.1, -0.05) is 43.2 Å². The average molecular weight is 308 g/mol. The lowest BCUT2D eigenvalue weighted by Gasteiger charge is -1.99. The molecule has 0 spiro atoms. The highest BCUT2D eigenvalue weighted by molar-refractivity contribution is 5.86. The number of benzene rings is 2.